The summed E-state index contributed by atoms with van der Waals surface area (Å²) in [6.07, 6.45) is 1.19. The van der Waals surface area contributed by atoms with Gasteiger partial charge in [-0.05, 0) is 59.4 Å². The molecule has 3 nitrogen and oxygen atoms in total. The second kappa shape index (κ2) is 7.25. The quantitative estimate of drug-likeness (QED) is 0.566. The van der Waals surface area contributed by atoms with Gasteiger partial charge in [-0.1, -0.05) is 40.7 Å². The predicted octanol–water partition coefficient (Wildman–Crippen LogP) is 6.25. The van der Waals surface area contributed by atoms with Gasteiger partial charge < -0.3 is 10.2 Å². The van der Waals surface area contributed by atoms with E-state index in [9.17, 15) is 10.2 Å². The highest BCUT2D eigenvalue weighted by molar-refractivity contribution is 7.80. The van der Waals surface area contributed by atoms with Crippen molar-refractivity contribution in [2.24, 2.45) is 5.41 Å². The minimum atomic E-state index is -0.532. The molecule has 2 aromatic rings. The van der Waals surface area contributed by atoms with Gasteiger partial charge in [0.05, 0.1) is 16.1 Å². The van der Waals surface area contributed by atoms with Crippen LogP contribution in [0.2, 0.25) is 0 Å². The summed E-state index contributed by atoms with van der Waals surface area (Å²) in [6, 6.07) is 6.32. The lowest BCUT2D eigenvalue weighted by atomic mass is 9.72. The van der Waals surface area contributed by atoms with Crippen LogP contribution in [0.25, 0.3) is 10.2 Å². The fourth-order valence-corrected chi connectivity index (χ4v) is 4.94. The molecular formula is C19H25NO2S3. The molecule has 2 rings (SSSR count). The molecule has 1 atom stereocenters. The Labute approximate surface area is 164 Å². The lowest BCUT2D eigenvalue weighted by Crippen LogP contribution is -2.24. The SMILES string of the molecule is CC(C)(C)CC(C)(C)c1ccc2nc(C(CC(O)=S)C(O)=S)sc2c1. The smallest absolute Gasteiger partial charge is 0.167 e. The predicted molar refractivity (Wildman–Crippen MR) is 115 cm³/mol. The molecule has 1 aromatic heterocycles. The molecule has 0 aliphatic rings. The Morgan fingerprint density at radius 1 is 1.16 bits per heavy atom. The number of aromatic nitrogens is 1. The largest absolute Gasteiger partial charge is 0.502 e. The van der Waals surface area contributed by atoms with Crippen molar-refractivity contribution in [2.75, 3.05) is 0 Å². The molecule has 0 saturated carbocycles. The first-order chi connectivity index (χ1) is 11.4. The molecule has 1 heterocycles. The molecule has 1 unspecified atom stereocenters. The number of fused-ring (bicyclic) bond motifs is 1. The van der Waals surface area contributed by atoms with Gasteiger partial charge in [0.25, 0.3) is 0 Å². The number of hydrogen-bond donors (Lipinski definition) is 2. The van der Waals surface area contributed by atoms with Crippen LogP contribution in [0.5, 0.6) is 0 Å². The maximum atomic E-state index is 9.78. The summed E-state index contributed by atoms with van der Waals surface area (Å²) < 4.78 is 1.06. The highest BCUT2D eigenvalue weighted by Gasteiger charge is 2.28. The number of aliphatic hydroxyl groups excluding tert-OH is 2. The first-order valence-corrected chi connectivity index (χ1v) is 9.88. The van der Waals surface area contributed by atoms with Crippen LogP contribution in [0.1, 0.15) is 63.9 Å². The van der Waals surface area contributed by atoms with Crippen LogP contribution in [-0.4, -0.2) is 25.3 Å². The van der Waals surface area contributed by atoms with Crippen LogP contribution in [0.3, 0.4) is 0 Å². The van der Waals surface area contributed by atoms with Crippen LogP contribution in [0, 0.1) is 5.41 Å². The van der Waals surface area contributed by atoms with Crippen LogP contribution in [0.4, 0.5) is 0 Å². The monoisotopic (exact) mass is 395 g/mol. The Kier molecular flexibility index (Phi) is 5.86. The van der Waals surface area contributed by atoms with Gasteiger partial charge in [-0.25, -0.2) is 4.98 Å². The maximum absolute atomic E-state index is 9.78. The third-order valence-electron chi connectivity index (χ3n) is 4.13. The van der Waals surface area contributed by atoms with E-state index in [4.69, 9.17) is 24.4 Å². The number of rotatable bonds is 6. The van der Waals surface area contributed by atoms with E-state index in [0.717, 1.165) is 16.6 Å². The summed E-state index contributed by atoms with van der Waals surface area (Å²) in [6.45, 7) is 11.3. The zero-order valence-electron chi connectivity index (χ0n) is 15.3. The normalized spacial score (nSPS) is 13.8. The summed E-state index contributed by atoms with van der Waals surface area (Å²) in [5.41, 5.74) is 2.43. The second-order valence-corrected chi connectivity index (χ2v) is 10.3. The van der Waals surface area contributed by atoms with Gasteiger partial charge in [0.2, 0.25) is 0 Å². The molecule has 0 bridgehead atoms. The fourth-order valence-electron chi connectivity index (χ4n) is 3.40. The van der Waals surface area contributed by atoms with Crippen molar-refractivity contribution in [1.29, 1.82) is 0 Å². The second-order valence-electron chi connectivity index (χ2n) is 8.34. The first kappa shape index (κ1) is 20.2. The van der Waals surface area contributed by atoms with Gasteiger partial charge in [-0.2, -0.15) is 0 Å². The minimum Gasteiger partial charge on any atom is -0.502 e. The Hall–Kier alpha value is -1.11. The number of benzene rings is 1. The molecule has 6 heteroatoms. The molecule has 0 aliphatic carbocycles. The summed E-state index contributed by atoms with van der Waals surface area (Å²) >= 11 is 11.2. The standard InChI is InChI=1S/C19H25NO2S3/c1-18(2,3)10-19(4,5)11-6-7-13-14(8-11)25-16(20-13)12(17(22)24)9-15(21)23/h6-8,12H,9-10H2,1-5H3,(H,21,23)(H,22,24). The van der Waals surface area contributed by atoms with Crippen molar-refractivity contribution < 1.29 is 10.2 Å². The Bertz CT molecular complexity index is 803. The molecule has 0 amide bonds. The van der Waals surface area contributed by atoms with E-state index < -0.39 is 5.92 Å². The van der Waals surface area contributed by atoms with Crippen molar-refractivity contribution in [3.05, 3.63) is 28.8 Å². The van der Waals surface area contributed by atoms with Gasteiger partial charge in [0, 0.05) is 6.42 Å². The molecular weight excluding hydrogens is 370 g/mol. The minimum absolute atomic E-state index is 0.0505. The van der Waals surface area contributed by atoms with E-state index >= 15 is 0 Å². The van der Waals surface area contributed by atoms with Crippen molar-refractivity contribution >= 4 is 56.1 Å². The molecule has 25 heavy (non-hydrogen) atoms. The molecule has 2 N–H and O–H groups in total. The number of thiocarbonyl (C=S) groups is 2. The van der Waals surface area contributed by atoms with Gasteiger partial charge in [0.15, 0.2) is 10.1 Å². The summed E-state index contributed by atoms with van der Waals surface area (Å²) in [5.74, 6) is -0.532. The Balaban J connectivity index is 2.41. The molecule has 0 radical (unpaired) electrons. The van der Waals surface area contributed by atoms with E-state index in [2.05, 4.69) is 51.7 Å². The van der Waals surface area contributed by atoms with Crippen LogP contribution < -0.4 is 0 Å². The average molecular weight is 396 g/mol. The van der Waals surface area contributed by atoms with E-state index in [1.807, 2.05) is 6.07 Å². The van der Waals surface area contributed by atoms with Crippen molar-refractivity contribution in [3.8, 4) is 0 Å². The number of hydrogen-bond acceptors (Lipinski definition) is 4. The molecule has 0 saturated heterocycles. The number of thiazole rings is 1. The molecule has 0 aliphatic heterocycles. The van der Waals surface area contributed by atoms with Crippen molar-refractivity contribution in [1.82, 2.24) is 4.98 Å². The van der Waals surface area contributed by atoms with Crippen LogP contribution in [-0.2, 0) is 5.41 Å². The highest BCUT2D eigenvalue weighted by atomic mass is 32.1. The molecule has 1 aromatic carbocycles. The lowest BCUT2D eigenvalue weighted by molar-refractivity contribution is 0.284. The maximum Gasteiger partial charge on any atom is 0.167 e. The Morgan fingerprint density at radius 2 is 1.80 bits per heavy atom. The van der Waals surface area contributed by atoms with E-state index in [1.165, 1.54) is 16.9 Å². The van der Waals surface area contributed by atoms with Gasteiger partial charge in [-0.15, -0.1) is 11.3 Å². The number of nitrogens with zero attached hydrogens (tertiary/aromatic N) is 1. The molecule has 0 spiro atoms. The zero-order chi connectivity index (χ0) is 19.0. The third kappa shape index (κ3) is 5.19. The highest BCUT2D eigenvalue weighted by Crippen LogP contribution is 2.38. The van der Waals surface area contributed by atoms with E-state index in [-0.39, 0.29) is 27.4 Å². The van der Waals surface area contributed by atoms with Crippen molar-refractivity contribution in [3.63, 3.8) is 0 Å². The summed E-state index contributed by atoms with van der Waals surface area (Å²) in [7, 11) is 0. The summed E-state index contributed by atoms with van der Waals surface area (Å²) in [5, 5.41) is 19.5. The molecule has 0 fully saturated rings. The van der Waals surface area contributed by atoms with Crippen molar-refractivity contribution in [2.45, 2.75) is 58.8 Å². The first-order valence-electron chi connectivity index (χ1n) is 8.25. The van der Waals surface area contributed by atoms with Crippen LogP contribution in [0.15, 0.2) is 18.2 Å². The third-order valence-corrected chi connectivity index (χ3v) is 5.72. The van der Waals surface area contributed by atoms with E-state index in [0.29, 0.717) is 5.01 Å². The van der Waals surface area contributed by atoms with Gasteiger partial charge in [-0.3, -0.25) is 0 Å². The van der Waals surface area contributed by atoms with Gasteiger partial charge >= 0.3 is 0 Å². The van der Waals surface area contributed by atoms with Gasteiger partial charge in [0.1, 0.15) is 5.01 Å². The zero-order valence-corrected chi connectivity index (χ0v) is 17.7. The topological polar surface area (TPSA) is 53.4 Å². The Morgan fingerprint density at radius 3 is 2.32 bits per heavy atom. The lowest BCUT2D eigenvalue weighted by Gasteiger charge is -2.33. The van der Waals surface area contributed by atoms with Crippen LogP contribution >= 0.6 is 35.8 Å². The molecule has 136 valence electrons. The average Bonchev–Trinajstić information content (AvgIpc) is 2.84. The number of aliphatic hydroxyl groups is 2. The fraction of sp³-hybridized carbons (Fsp3) is 0.526. The van der Waals surface area contributed by atoms with E-state index in [1.54, 1.807) is 0 Å². The summed E-state index contributed by atoms with van der Waals surface area (Å²) in [4.78, 5) is 4.59.